The van der Waals surface area contributed by atoms with E-state index in [0.29, 0.717) is 24.9 Å². The molecule has 0 unspecified atom stereocenters. The number of nitrogens with zero attached hydrogens (tertiary/aromatic N) is 3. The molecule has 0 bridgehead atoms. The molecule has 90 valence electrons. The van der Waals surface area contributed by atoms with E-state index >= 15 is 0 Å². The maximum Gasteiger partial charge on any atom is 0.318 e. The van der Waals surface area contributed by atoms with Gasteiger partial charge in [0.15, 0.2) is 0 Å². The van der Waals surface area contributed by atoms with E-state index in [-0.39, 0.29) is 12.6 Å². The maximum absolute atomic E-state index is 10.9. The zero-order valence-corrected chi connectivity index (χ0v) is 9.51. The van der Waals surface area contributed by atoms with Crippen LogP contribution < -0.4 is 16.4 Å². The van der Waals surface area contributed by atoms with Crippen molar-refractivity contribution in [3.8, 4) is 0 Å². The van der Waals surface area contributed by atoms with E-state index in [1.165, 1.54) is 0 Å². The summed E-state index contributed by atoms with van der Waals surface area (Å²) in [6, 6.07) is 0.357. The normalized spacial score (nSPS) is 10.8. The van der Waals surface area contributed by atoms with Gasteiger partial charge >= 0.3 is 6.01 Å². The first-order valence-corrected chi connectivity index (χ1v) is 5.12. The molecule has 0 atom stereocenters. The minimum atomic E-state index is -0.438. The standard InChI is InChI=1S/C9H17N5O2/c1-6(2)14(5-7(11)15)9-13-12-8(16-9)3-4-10/h6H,3-5,10H2,1-2H3,(H2,11,15). The molecule has 0 aliphatic rings. The zero-order chi connectivity index (χ0) is 12.1. The van der Waals surface area contributed by atoms with Crippen LogP contribution in [0.25, 0.3) is 0 Å². The first kappa shape index (κ1) is 12.4. The quantitative estimate of drug-likeness (QED) is 0.662. The predicted octanol–water partition coefficient (Wildman–Crippen LogP) is -0.729. The summed E-state index contributed by atoms with van der Waals surface area (Å²) in [5.74, 6) is 0.0277. The molecule has 0 fully saturated rings. The molecule has 1 aromatic rings. The number of primary amides is 1. The molecular formula is C9H17N5O2. The van der Waals surface area contributed by atoms with E-state index in [2.05, 4.69) is 10.2 Å². The molecule has 1 rings (SSSR count). The molecule has 0 aliphatic carbocycles. The van der Waals surface area contributed by atoms with Gasteiger partial charge in [0, 0.05) is 19.0 Å². The third-order valence-corrected chi connectivity index (χ3v) is 2.01. The van der Waals surface area contributed by atoms with Gasteiger partial charge in [-0.3, -0.25) is 4.79 Å². The summed E-state index contributed by atoms with van der Waals surface area (Å²) in [4.78, 5) is 12.5. The summed E-state index contributed by atoms with van der Waals surface area (Å²) in [5.41, 5.74) is 10.5. The summed E-state index contributed by atoms with van der Waals surface area (Å²) < 4.78 is 5.36. The van der Waals surface area contributed by atoms with Gasteiger partial charge in [-0.25, -0.2) is 0 Å². The second kappa shape index (κ2) is 5.45. The Hall–Kier alpha value is -1.63. The molecule has 1 aromatic heterocycles. The van der Waals surface area contributed by atoms with E-state index in [0.717, 1.165) is 0 Å². The molecule has 0 aliphatic heterocycles. The highest BCUT2D eigenvalue weighted by Gasteiger charge is 2.19. The highest BCUT2D eigenvalue weighted by atomic mass is 16.4. The van der Waals surface area contributed by atoms with E-state index in [9.17, 15) is 4.79 Å². The van der Waals surface area contributed by atoms with Crippen LogP contribution in [0.5, 0.6) is 0 Å². The minimum Gasteiger partial charge on any atom is -0.408 e. The Morgan fingerprint density at radius 2 is 2.19 bits per heavy atom. The van der Waals surface area contributed by atoms with Crippen molar-refractivity contribution in [2.45, 2.75) is 26.3 Å². The van der Waals surface area contributed by atoms with Crippen LogP contribution >= 0.6 is 0 Å². The molecule has 7 heteroatoms. The lowest BCUT2D eigenvalue weighted by Crippen LogP contribution is -2.38. The lowest BCUT2D eigenvalue weighted by atomic mass is 10.3. The molecule has 0 spiro atoms. The topological polar surface area (TPSA) is 111 Å². The Bertz CT molecular complexity index is 349. The molecule has 7 nitrogen and oxygen atoms in total. The molecule has 1 heterocycles. The van der Waals surface area contributed by atoms with Gasteiger partial charge in [0.25, 0.3) is 0 Å². The van der Waals surface area contributed by atoms with Crippen LogP contribution in [0.2, 0.25) is 0 Å². The van der Waals surface area contributed by atoms with Crippen molar-refractivity contribution in [2.24, 2.45) is 11.5 Å². The highest BCUT2D eigenvalue weighted by Crippen LogP contribution is 2.14. The fourth-order valence-electron chi connectivity index (χ4n) is 1.22. The molecule has 0 aromatic carbocycles. The highest BCUT2D eigenvalue weighted by molar-refractivity contribution is 5.78. The van der Waals surface area contributed by atoms with Gasteiger partial charge < -0.3 is 20.8 Å². The summed E-state index contributed by atoms with van der Waals surface area (Å²) >= 11 is 0. The van der Waals surface area contributed by atoms with Crippen molar-refractivity contribution in [2.75, 3.05) is 18.0 Å². The summed E-state index contributed by atoms with van der Waals surface area (Å²) in [5, 5.41) is 7.68. The minimum absolute atomic E-state index is 0.0543. The number of carbonyl (C=O) groups excluding carboxylic acids is 1. The van der Waals surface area contributed by atoms with Crippen molar-refractivity contribution in [3.05, 3.63) is 5.89 Å². The predicted molar refractivity (Wildman–Crippen MR) is 58.7 cm³/mol. The van der Waals surface area contributed by atoms with Crippen LogP contribution in [0.3, 0.4) is 0 Å². The average molecular weight is 227 g/mol. The van der Waals surface area contributed by atoms with E-state index in [4.69, 9.17) is 15.9 Å². The van der Waals surface area contributed by atoms with Gasteiger partial charge in [0.1, 0.15) is 6.54 Å². The average Bonchev–Trinajstić information content (AvgIpc) is 2.62. The Morgan fingerprint density at radius 3 is 2.69 bits per heavy atom. The lowest BCUT2D eigenvalue weighted by Gasteiger charge is -2.22. The van der Waals surface area contributed by atoms with Crippen molar-refractivity contribution in [1.82, 2.24) is 10.2 Å². The Kier molecular flexibility index (Phi) is 4.24. The number of rotatable bonds is 6. The van der Waals surface area contributed by atoms with Crippen LogP contribution in [0.4, 0.5) is 6.01 Å². The fourth-order valence-corrected chi connectivity index (χ4v) is 1.22. The first-order valence-electron chi connectivity index (χ1n) is 5.12. The Balaban J connectivity index is 2.79. The van der Waals surface area contributed by atoms with Gasteiger partial charge in [0.2, 0.25) is 11.8 Å². The third kappa shape index (κ3) is 3.20. The fraction of sp³-hybridized carbons (Fsp3) is 0.667. The second-order valence-electron chi connectivity index (χ2n) is 3.71. The van der Waals surface area contributed by atoms with E-state index in [1.807, 2.05) is 13.8 Å². The Morgan fingerprint density at radius 1 is 1.50 bits per heavy atom. The second-order valence-corrected chi connectivity index (χ2v) is 3.71. The van der Waals surface area contributed by atoms with Crippen LogP contribution in [0.15, 0.2) is 4.42 Å². The molecule has 0 saturated carbocycles. The molecule has 1 amide bonds. The monoisotopic (exact) mass is 227 g/mol. The number of hydrogen-bond acceptors (Lipinski definition) is 6. The molecular weight excluding hydrogens is 210 g/mol. The molecule has 16 heavy (non-hydrogen) atoms. The van der Waals surface area contributed by atoms with Crippen molar-refractivity contribution < 1.29 is 9.21 Å². The molecule has 0 radical (unpaired) electrons. The summed E-state index contributed by atoms with van der Waals surface area (Å²) in [6.07, 6.45) is 0.523. The van der Waals surface area contributed by atoms with Crippen LogP contribution in [0, 0.1) is 0 Å². The zero-order valence-electron chi connectivity index (χ0n) is 9.51. The number of hydrogen-bond donors (Lipinski definition) is 2. The smallest absolute Gasteiger partial charge is 0.318 e. The molecule has 4 N–H and O–H groups in total. The van der Waals surface area contributed by atoms with Gasteiger partial charge in [-0.1, -0.05) is 5.10 Å². The van der Waals surface area contributed by atoms with Crippen LogP contribution in [-0.2, 0) is 11.2 Å². The third-order valence-electron chi connectivity index (χ3n) is 2.01. The number of nitrogens with two attached hydrogens (primary N) is 2. The van der Waals surface area contributed by atoms with Crippen molar-refractivity contribution in [3.63, 3.8) is 0 Å². The van der Waals surface area contributed by atoms with Crippen LogP contribution in [0.1, 0.15) is 19.7 Å². The van der Waals surface area contributed by atoms with Gasteiger partial charge in [-0.2, -0.15) is 0 Å². The summed E-state index contributed by atoms with van der Waals surface area (Å²) in [7, 11) is 0. The van der Waals surface area contributed by atoms with E-state index in [1.54, 1.807) is 4.90 Å². The Labute approximate surface area is 93.8 Å². The SMILES string of the molecule is CC(C)N(CC(N)=O)c1nnc(CCN)o1. The number of anilines is 1. The van der Waals surface area contributed by atoms with Gasteiger partial charge in [-0.05, 0) is 13.8 Å². The number of amides is 1. The van der Waals surface area contributed by atoms with E-state index < -0.39 is 5.91 Å². The first-order chi connectivity index (χ1) is 7.54. The lowest BCUT2D eigenvalue weighted by molar-refractivity contribution is -0.116. The van der Waals surface area contributed by atoms with Crippen molar-refractivity contribution >= 4 is 11.9 Å². The largest absolute Gasteiger partial charge is 0.408 e. The van der Waals surface area contributed by atoms with Gasteiger partial charge in [-0.15, -0.1) is 5.10 Å². The molecule has 0 saturated heterocycles. The number of aromatic nitrogens is 2. The van der Waals surface area contributed by atoms with Crippen LogP contribution in [-0.4, -0.2) is 35.2 Å². The van der Waals surface area contributed by atoms with Crippen molar-refractivity contribution in [1.29, 1.82) is 0 Å². The summed E-state index contributed by atoms with van der Waals surface area (Å²) in [6.45, 7) is 4.33. The number of carbonyl (C=O) groups is 1. The van der Waals surface area contributed by atoms with Gasteiger partial charge in [0.05, 0.1) is 0 Å². The maximum atomic E-state index is 10.9.